The molecule has 5 nitrogen and oxygen atoms in total. The Hall–Kier alpha value is -1.59. The SMILES string of the molecule is Cc1cc(N2CCN(C)CC2)cc2[nH]c(C3CCOC3)nc12. The molecule has 1 N–H and O–H groups in total. The number of benzene rings is 1. The molecule has 0 saturated carbocycles. The van der Waals surface area contributed by atoms with E-state index in [-0.39, 0.29) is 0 Å². The number of piperazine rings is 1. The third kappa shape index (κ3) is 2.48. The lowest BCUT2D eigenvalue weighted by molar-refractivity contribution is 0.193. The summed E-state index contributed by atoms with van der Waals surface area (Å²) in [4.78, 5) is 13.2. The molecule has 0 amide bonds. The summed E-state index contributed by atoms with van der Waals surface area (Å²) in [5.41, 5.74) is 4.85. The van der Waals surface area contributed by atoms with E-state index >= 15 is 0 Å². The number of nitrogens with zero attached hydrogens (tertiary/aromatic N) is 3. The van der Waals surface area contributed by atoms with Crippen LogP contribution in [0.1, 0.15) is 23.7 Å². The molecule has 0 bridgehead atoms. The first-order valence-electron chi connectivity index (χ1n) is 8.22. The Kier molecular flexibility index (Phi) is 3.54. The molecular formula is C17H24N4O. The second kappa shape index (κ2) is 5.56. The number of rotatable bonds is 2. The first kappa shape index (κ1) is 14.0. The number of aromatic amines is 1. The van der Waals surface area contributed by atoms with Crippen LogP contribution < -0.4 is 4.90 Å². The number of anilines is 1. The Labute approximate surface area is 131 Å². The Bertz CT molecular complexity index is 667. The maximum Gasteiger partial charge on any atom is 0.112 e. The zero-order valence-corrected chi connectivity index (χ0v) is 13.4. The van der Waals surface area contributed by atoms with E-state index in [0.29, 0.717) is 5.92 Å². The summed E-state index contributed by atoms with van der Waals surface area (Å²) in [5.74, 6) is 1.52. The summed E-state index contributed by atoms with van der Waals surface area (Å²) in [6.45, 7) is 8.27. The van der Waals surface area contributed by atoms with Crippen molar-refractivity contribution >= 4 is 16.7 Å². The minimum absolute atomic E-state index is 0.430. The Morgan fingerprint density at radius 3 is 2.77 bits per heavy atom. The van der Waals surface area contributed by atoms with Gasteiger partial charge in [0.15, 0.2) is 0 Å². The Morgan fingerprint density at radius 2 is 2.05 bits per heavy atom. The van der Waals surface area contributed by atoms with Gasteiger partial charge in [-0.1, -0.05) is 0 Å². The van der Waals surface area contributed by atoms with E-state index < -0.39 is 0 Å². The van der Waals surface area contributed by atoms with Crippen LogP contribution >= 0.6 is 0 Å². The van der Waals surface area contributed by atoms with Crippen molar-refractivity contribution in [3.8, 4) is 0 Å². The molecule has 0 spiro atoms. The fourth-order valence-electron chi connectivity index (χ4n) is 3.48. The molecule has 2 aliphatic rings. The van der Waals surface area contributed by atoms with Crippen LogP contribution in [0.5, 0.6) is 0 Å². The maximum atomic E-state index is 5.49. The topological polar surface area (TPSA) is 44.4 Å². The predicted octanol–water partition coefficient (Wildman–Crippen LogP) is 2.13. The molecule has 118 valence electrons. The Balaban J connectivity index is 1.66. The molecule has 2 aliphatic heterocycles. The van der Waals surface area contributed by atoms with Crippen LogP contribution in [0.15, 0.2) is 12.1 Å². The average Bonchev–Trinajstić information content (AvgIpc) is 3.17. The Morgan fingerprint density at radius 1 is 1.23 bits per heavy atom. The number of aromatic nitrogens is 2. The van der Waals surface area contributed by atoms with Crippen LogP contribution in [0.25, 0.3) is 11.0 Å². The van der Waals surface area contributed by atoms with Gasteiger partial charge in [0, 0.05) is 44.4 Å². The molecular weight excluding hydrogens is 276 g/mol. The lowest BCUT2D eigenvalue weighted by Crippen LogP contribution is -2.44. The monoisotopic (exact) mass is 300 g/mol. The molecule has 2 saturated heterocycles. The first-order chi connectivity index (χ1) is 10.7. The summed E-state index contributed by atoms with van der Waals surface area (Å²) >= 11 is 0. The smallest absolute Gasteiger partial charge is 0.112 e. The zero-order valence-electron chi connectivity index (χ0n) is 13.4. The van der Waals surface area contributed by atoms with Crippen molar-refractivity contribution in [1.82, 2.24) is 14.9 Å². The molecule has 1 aromatic carbocycles. The van der Waals surface area contributed by atoms with Gasteiger partial charge >= 0.3 is 0 Å². The lowest BCUT2D eigenvalue weighted by atomic mass is 10.1. The molecule has 22 heavy (non-hydrogen) atoms. The van der Waals surface area contributed by atoms with E-state index in [4.69, 9.17) is 9.72 Å². The number of fused-ring (bicyclic) bond motifs is 1. The van der Waals surface area contributed by atoms with Crippen molar-refractivity contribution in [1.29, 1.82) is 0 Å². The van der Waals surface area contributed by atoms with Crippen molar-refractivity contribution in [3.63, 3.8) is 0 Å². The van der Waals surface area contributed by atoms with Gasteiger partial charge in [-0.15, -0.1) is 0 Å². The quantitative estimate of drug-likeness (QED) is 0.923. The van der Waals surface area contributed by atoms with Crippen molar-refractivity contribution in [2.75, 3.05) is 51.3 Å². The van der Waals surface area contributed by atoms with Gasteiger partial charge < -0.3 is 19.5 Å². The third-order valence-electron chi connectivity index (χ3n) is 4.97. The van der Waals surface area contributed by atoms with Crippen LogP contribution in [-0.2, 0) is 4.74 Å². The molecule has 0 aliphatic carbocycles. The van der Waals surface area contributed by atoms with E-state index in [1.165, 1.54) is 11.3 Å². The highest BCUT2D eigenvalue weighted by atomic mass is 16.5. The second-order valence-corrected chi connectivity index (χ2v) is 6.63. The molecule has 1 atom stereocenters. The average molecular weight is 300 g/mol. The van der Waals surface area contributed by atoms with Gasteiger partial charge in [0.25, 0.3) is 0 Å². The summed E-state index contributed by atoms with van der Waals surface area (Å²) < 4.78 is 5.49. The summed E-state index contributed by atoms with van der Waals surface area (Å²) in [5, 5.41) is 0. The van der Waals surface area contributed by atoms with Crippen LogP contribution in [0, 0.1) is 6.92 Å². The van der Waals surface area contributed by atoms with E-state index in [1.807, 2.05) is 0 Å². The predicted molar refractivity (Wildman–Crippen MR) is 88.7 cm³/mol. The second-order valence-electron chi connectivity index (χ2n) is 6.63. The van der Waals surface area contributed by atoms with Gasteiger partial charge in [0.2, 0.25) is 0 Å². The van der Waals surface area contributed by atoms with E-state index in [9.17, 15) is 0 Å². The normalized spacial score (nSPS) is 23.5. The highest BCUT2D eigenvalue weighted by Crippen LogP contribution is 2.29. The van der Waals surface area contributed by atoms with Crippen LogP contribution in [0.2, 0.25) is 0 Å². The van der Waals surface area contributed by atoms with Crippen molar-refractivity contribution < 1.29 is 4.74 Å². The summed E-state index contributed by atoms with van der Waals surface area (Å²) in [6.07, 6.45) is 1.07. The van der Waals surface area contributed by atoms with Crippen LogP contribution in [0.3, 0.4) is 0 Å². The number of likely N-dealkylation sites (N-methyl/N-ethyl adjacent to an activating group) is 1. The van der Waals surface area contributed by atoms with Gasteiger partial charge in [-0.3, -0.25) is 0 Å². The number of imidazole rings is 1. The van der Waals surface area contributed by atoms with E-state index in [1.54, 1.807) is 0 Å². The third-order valence-corrected chi connectivity index (χ3v) is 4.97. The fourth-order valence-corrected chi connectivity index (χ4v) is 3.48. The number of hydrogen-bond donors (Lipinski definition) is 1. The summed E-state index contributed by atoms with van der Waals surface area (Å²) in [7, 11) is 2.19. The zero-order chi connectivity index (χ0) is 15.1. The number of ether oxygens (including phenoxy) is 1. The molecule has 0 radical (unpaired) electrons. The lowest BCUT2D eigenvalue weighted by Gasteiger charge is -2.34. The first-order valence-corrected chi connectivity index (χ1v) is 8.22. The maximum absolute atomic E-state index is 5.49. The number of H-pyrrole nitrogens is 1. The fraction of sp³-hybridized carbons (Fsp3) is 0.588. The minimum Gasteiger partial charge on any atom is -0.381 e. The van der Waals surface area contributed by atoms with Gasteiger partial charge in [0.05, 0.1) is 17.6 Å². The van der Waals surface area contributed by atoms with Gasteiger partial charge in [0.1, 0.15) is 5.82 Å². The van der Waals surface area contributed by atoms with Gasteiger partial charge in [-0.2, -0.15) is 0 Å². The molecule has 5 heteroatoms. The van der Waals surface area contributed by atoms with E-state index in [2.05, 4.69) is 40.9 Å². The van der Waals surface area contributed by atoms with E-state index in [0.717, 1.165) is 62.7 Å². The van der Waals surface area contributed by atoms with Gasteiger partial charge in [-0.25, -0.2) is 4.98 Å². The van der Waals surface area contributed by atoms with Crippen LogP contribution in [0.4, 0.5) is 5.69 Å². The van der Waals surface area contributed by atoms with Gasteiger partial charge in [-0.05, 0) is 38.1 Å². The molecule has 4 rings (SSSR count). The number of nitrogens with one attached hydrogen (secondary N) is 1. The summed E-state index contributed by atoms with van der Waals surface area (Å²) in [6, 6.07) is 4.55. The molecule has 3 heterocycles. The number of hydrogen-bond acceptors (Lipinski definition) is 4. The minimum atomic E-state index is 0.430. The van der Waals surface area contributed by atoms with Crippen molar-refractivity contribution in [3.05, 3.63) is 23.5 Å². The van der Waals surface area contributed by atoms with Crippen molar-refractivity contribution in [2.45, 2.75) is 19.3 Å². The highest BCUT2D eigenvalue weighted by Gasteiger charge is 2.22. The molecule has 1 aromatic heterocycles. The number of aryl methyl sites for hydroxylation is 1. The van der Waals surface area contributed by atoms with Crippen molar-refractivity contribution in [2.24, 2.45) is 0 Å². The largest absolute Gasteiger partial charge is 0.381 e. The molecule has 1 unspecified atom stereocenters. The van der Waals surface area contributed by atoms with Crippen LogP contribution in [-0.4, -0.2) is 61.3 Å². The molecule has 2 aromatic rings. The highest BCUT2D eigenvalue weighted by molar-refractivity contribution is 5.83. The standard InChI is InChI=1S/C17H24N4O/c1-12-9-14(21-6-4-20(2)5-7-21)10-15-16(12)19-17(18-15)13-3-8-22-11-13/h9-10,13H,3-8,11H2,1-2H3,(H,18,19). The molecule has 2 fully saturated rings.